The highest BCUT2D eigenvalue weighted by atomic mass is 79.9. The van der Waals surface area contributed by atoms with Crippen LogP contribution in [0.4, 0.5) is 0 Å². The van der Waals surface area contributed by atoms with Crippen molar-refractivity contribution in [2.45, 2.75) is 6.54 Å². The molecular formula is C7H5BrN4O2S. The second-order valence-corrected chi connectivity index (χ2v) is 4.42. The van der Waals surface area contributed by atoms with Crippen LogP contribution >= 0.6 is 27.3 Å². The molecule has 78 valence electrons. The number of carboxylic acid groups (broad SMARTS) is 1. The van der Waals surface area contributed by atoms with Crippen molar-refractivity contribution in [3.8, 4) is 10.7 Å². The Morgan fingerprint density at radius 1 is 1.67 bits per heavy atom. The summed E-state index contributed by atoms with van der Waals surface area (Å²) in [7, 11) is 0. The van der Waals surface area contributed by atoms with Gasteiger partial charge < -0.3 is 5.11 Å². The van der Waals surface area contributed by atoms with E-state index in [1.165, 1.54) is 16.0 Å². The topological polar surface area (TPSA) is 80.9 Å². The summed E-state index contributed by atoms with van der Waals surface area (Å²) in [6.07, 6.45) is 0. The summed E-state index contributed by atoms with van der Waals surface area (Å²) in [5, 5.41) is 21.4. The molecule has 0 amide bonds. The zero-order valence-corrected chi connectivity index (χ0v) is 9.69. The lowest BCUT2D eigenvalue weighted by Gasteiger charge is -1.98. The van der Waals surface area contributed by atoms with Crippen molar-refractivity contribution in [3.05, 3.63) is 15.9 Å². The second-order valence-electron chi connectivity index (χ2n) is 2.65. The van der Waals surface area contributed by atoms with Gasteiger partial charge in [0, 0.05) is 4.47 Å². The molecule has 0 unspecified atom stereocenters. The first kappa shape index (κ1) is 10.2. The van der Waals surface area contributed by atoms with Gasteiger partial charge in [0.25, 0.3) is 0 Å². The molecule has 0 aliphatic rings. The van der Waals surface area contributed by atoms with Crippen LogP contribution in [0.2, 0.25) is 0 Å². The van der Waals surface area contributed by atoms with Gasteiger partial charge in [-0.1, -0.05) is 0 Å². The lowest BCUT2D eigenvalue weighted by molar-refractivity contribution is -0.137. The molecule has 0 aliphatic carbocycles. The van der Waals surface area contributed by atoms with Crippen LogP contribution < -0.4 is 0 Å². The van der Waals surface area contributed by atoms with Crippen molar-refractivity contribution in [2.24, 2.45) is 0 Å². The average molecular weight is 289 g/mol. The van der Waals surface area contributed by atoms with Gasteiger partial charge in [-0.15, -0.1) is 16.4 Å². The number of aromatic nitrogens is 4. The Bertz CT molecular complexity index is 495. The van der Waals surface area contributed by atoms with Crippen LogP contribution in [0.1, 0.15) is 0 Å². The summed E-state index contributed by atoms with van der Waals surface area (Å²) in [5.74, 6) is -0.518. The van der Waals surface area contributed by atoms with E-state index in [1.54, 1.807) is 0 Å². The first-order valence-electron chi connectivity index (χ1n) is 3.90. The van der Waals surface area contributed by atoms with Crippen molar-refractivity contribution < 1.29 is 9.90 Å². The monoisotopic (exact) mass is 288 g/mol. The van der Waals surface area contributed by atoms with Crippen molar-refractivity contribution in [1.29, 1.82) is 0 Å². The Kier molecular flexibility index (Phi) is 2.78. The summed E-state index contributed by atoms with van der Waals surface area (Å²) in [4.78, 5) is 11.4. The summed E-state index contributed by atoms with van der Waals surface area (Å²) in [5.41, 5.74) is 0. The van der Waals surface area contributed by atoms with E-state index >= 15 is 0 Å². The Morgan fingerprint density at radius 2 is 2.47 bits per heavy atom. The van der Waals surface area contributed by atoms with E-state index in [4.69, 9.17) is 5.11 Å². The summed E-state index contributed by atoms with van der Waals surface area (Å²) in [6.45, 7) is -0.243. The first-order valence-corrected chi connectivity index (χ1v) is 5.57. The minimum atomic E-state index is -0.976. The van der Waals surface area contributed by atoms with Gasteiger partial charge in [-0.2, -0.15) is 0 Å². The van der Waals surface area contributed by atoms with Crippen molar-refractivity contribution in [1.82, 2.24) is 20.2 Å². The molecule has 8 heteroatoms. The highest BCUT2D eigenvalue weighted by Gasteiger charge is 2.14. The standard InChI is InChI=1S/C7H5BrN4O2S/c8-4-1-2-15-6(4)7-9-10-11-12(7)3-5(13)14/h1-2H,3H2,(H,13,14). The third-order valence-electron chi connectivity index (χ3n) is 1.64. The molecule has 2 aromatic rings. The first-order chi connectivity index (χ1) is 7.18. The number of tetrazole rings is 1. The Balaban J connectivity index is 2.41. The SMILES string of the molecule is O=C(O)Cn1nnnc1-c1sccc1Br. The molecule has 0 aliphatic heterocycles. The summed E-state index contributed by atoms with van der Waals surface area (Å²) >= 11 is 4.79. The van der Waals surface area contributed by atoms with Crippen molar-refractivity contribution in [3.63, 3.8) is 0 Å². The number of hydrogen-bond acceptors (Lipinski definition) is 5. The molecule has 6 nitrogen and oxygen atoms in total. The number of carboxylic acids is 1. The molecule has 2 aromatic heterocycles. The Labute approximate surface area is 96.7 Å². The number of carbonyl (C=O) groups is 1. The molecule has 0 radical (unpaired) electrons. The van der Waals surface area contributed by atoms with Gasteiger partial charge in [-0.25, -0.2) is 4.68 Å². The number of thiophene rings is 1. The minimum Gasteiger partial charge on any atom is -0.480 e. The van der Waals surface area contributed by atoms with Gasteiger partial charge in [0.05, 0.1) is 4.88 Å². The van der Waals surface area contributed by atoms with Gasteiger partial charge in [0.15, 0.2) is 5.82 Å². The maximum absolute atomic E-state index is 10.5. The zero-order chi connectivity index (χ0) is 10.8. The fourth-order valence-electron chi connectivity index (χ4n) is 1.06. The number of rotatable bonds is 3. The molecule has 0 bridgehead atoms. The quantitative estimate of drug-likeness (QED) is 0.919. The van der Waals surface area contributed by atoms with E-state index < -0.39 is 5.97 Å². The van der Waals surface area contributed by atoms with E-state index in [0.717, 1.165) is 9.35 Å². The molecule has 2 rings (SSSR count). The van der Waals surface area contributed by atoms with E-state index in [1.807, 2.05) is 11.4 Å². The van der Waals surface area contributed by atoms with E-state index in [2.05, 4.69) is 31.5 Å². The van der Waals surface area contributed by atoms with Crippen LogP contribution in [0.3, 0.4) is 0 Å². The third-order valence-corrected chi connectivity index (χ3v) is 3.47. The number of aliphatic carboxylic acids is 1. The van der Waals surface area contributed by atoms with Crippen molar-refractivity contribution >= 4 is 33.2 Å². The predicted octanol–water partition coefficient (Wildman–Crippen LogP) is 1.25. The molecule has 0 fully saturated rings. The van der Waals surface area contributed by atoms with E-state index in [9.17, 15) is 4.79 Å². The van der Waals surface area contributed by atoms with Gasteiger partial charge in [0.1, 0.15) is 6.54 Å². The smallest absolute Gasteiger partial charge is 0.325 e. The maximum Gasteiger partial charge on any atom is 0.325 e. The average Bonchev–Trinajstić information content (AvgIpc) is 2.73. The van der Waals surface area contributed by atoms with Crippen LogP contribution in [0.5, 0.6) is 0 Å². The lowest BCUT2D eigenvalue weighted by Crippen LogP contribution is -2.11. The third kappa shape index (κ3) is 2.05. The number of halogens is 1. The van der Waals surface area contributed by atoms with Crippen molar-refractivity contribution in [2.75, 3.05) is 0 Å². The van der Waals surface area contributed by atoms with Gasteiger partial charge in [-0.3, -0.25) is 4.79 Å². The van der Waals surface area contributed by atoms with Crippen LogP contribution in [-0.4, -0.2) is 31.3 Å². The molecule has 0 spiro atoms. The Morgan fingerprint density at radius 3 is 3.07 bits per heavy atom. The number of hydrogen-bond donors (Lipinski definition) is 1. The maximum atomic E-state index is 10.5. The fraction of sp³-hybridized carbons (Fsp3) is 0.143. The van der Waals surface area contributed by atoms with Crippen LogP contribution in [0.25, 0.3) is 10.7 Å². The van der Waals surface area contributed by atoms with Gasteiger partial charge in [0.2, 0.25) is 0 Å². The predicted molar refractivity (Wildman–Crippen MR) is 56.5 cm³/mol. The van der Waals surface area contributed by atoms with Crippen LogP contribution in [-0.2, 0) is 11.3 Å². The van der Waals surface area contributed by atoms with Gasteiger partial charge in [-0.05, 0) is 37.8 Å². The van der Waals surface area contributed by atoms with Gasteiger partial charge >= 0.3 is 5.97 Å². The van der Waals surface area contributed by atoms with Crippen LogP contribution in [0, 0.1) is 0 Å². The minimum absolute atomic E-state index is 0.243. The number of nitrogens with zero attached hydrogens (tertiary/aromatic N) is 4. The Hall–Kier alpha value is -1.28. The zero-order valence-electron chi connectivity index (χ0n) is 7.29. The fourth-order valence-corrected chi connectivity index (χ4v) is 2.59. The normalized spacial score (nSPS) is 10.5. The molecule has 15 heavy (non-hydrogen) atoms. The van der Waals surface area contributed by atoms with E-state index in [-0.39, 0.29) is 6.54 Å². The molecule has 0 saturated heterocycles. The molecule has 0 saturated carbocycles. The largest absolute Gasteiger partial charge is 0.480 e. The van der Waals surface area contributed by atoms with Crippen LogP contribution in [0.15, 0.2) is 15.9 Å². The summed E-state index contributed by atoms with van der Waals surface area (Å²) < 4.78 is 2.10. The highest BCUT2D eigenvalue weighted by Crippen LogP contribution is 2.31. The molecule has 0 atom stereocenters. The molecule has 0 aromatic carbocycles. The second kappa shape index (κ2) is 4.07. The molecule has 1 N–H and O–H groups in total. The summed E-state index contributed by atoms with van der Waals surface area (Å²) in [6, 6.07) is 1.86. The lowest BCUT2D eigenvalue weighted by atomic mass is 10.4. The highest BCUT2D eigenvalue weighted by molar-refractivity contribution is 9.10. The molecular weight excluding hydrogens is 284 g/mol. The van der Waals surface area contributed by atoms with E-state index in [0.29, 0.717) is 5.82 Å². The molecule has 2 heterocycles.